The number of hydrogen-bond donors (Lipinski definition) is 2. The Morgan fingerprint density at radius 1 is 1.07 bits per heavy atom. The zero-order chi connectivity index (χ0) is 29.7. The van der Waals surface area contributed by atoms with E-state index >= 15 is 0 Å². The maximum atomic E-state index is 12.7. The second kappa shape index (κ2) is 12.9. The summed E-state index contributed by atoms with van der Waals surface area (Å²) in [4.78, 5) is 0. The van der Waals surface area contributed by atoms with E-state index in [1.807, 2.05) is 31.2 Å². The number of sulfonamides is 1. The smallest absolute Gasteiger partial charge is 0.404 e. The van der Waals surface area contributed by atoms with Crippen LogP contribution in [0.4, 0.5) is 13.2 Å². The molecule has 224 valence electrons. The van der Waals surface area contributed by atoms with Crippen LogP contribution in [0.1, 0.15) is 44.7 Å². The number of nitrogens with zero attached hydrogens (tertiary/aromatic N) is 2. The molecule has 0 aliphatic carbocycles. The second-order valence-electron chi connectivity index (χ2n) is 10.8. The van der Waals surface area contributed by atoms with Gasteiger partial charge >= 0.3 is 6.18 Å². The van der Waals surface area contributed by atoms with Gasteiger partial charge < -0.3 is 14.8 Å². The minimum absolute atomic E-state index is 0.496. The first-order chi connectivity index (χ1) is 19.3. The molecule has 0 amide bonds. The van der Waals surface area contributed by atoms with Gasteiger partial charge in [0, 0.05) is 37.9 Å². The first kappa shape index (κ1) is 31.0. The van der Waals surface area contributed by atoms with Crippen molar-refractivity contribution in [2.75, 3.05) is 25.5 Å². The third-order valence-electron chi connectivity index (χ3n) is 6.94. The minimum atomic E-state index is -4.84. The fraction of sp³-hybridized carbons (Fsp3) is 0.483. The van der Waals surface area contributed by atoms with E-state index in [1.165, 1.54) is 13.8 Å². The third kappa shape index (κ3) is 9.03. The molecule has 2 heterocycles. The van der Waals surface area contributed by atoms with Crippen LogP contribution in [0.2, 0.25) is 0 Å². The summed E-state index contributed by atoms with van der Waals surface area (Å²) in [6.45, 7) is 8.94. The number of rotatable bonds is 12. The summed E-state index contributed by atoms with van der Waals surface area (Å²) in [5.41, 5.74) is 1.63. The number of aryl methyl sites for hydroxylation is 1. The number of ether oxygens (including phenoxy) is 2. The number of alkyl halides is 3. The lowest BCUT2D eigenvalue weighted by molar-refractivity contribution is -0.106. The standard InChI is InChI=1S/C29H37F3N4O4S/c1-4-36-27(40-25-10-8-21(9-11-25)18-33-19-22-12-14-39-15-13-22)17-26(34-36)23-6-5-7-24(16-23)28(2,3)35-41(37,38)20-29(30,31)32/h5-11,16-17,22,33,35H,4,12-15,18-20H2,1-3H3. The monoisotopic (exact) mass is 594 g/mol. The van der Waals surface area contributed by atoms with Crippen LogP contribution in [0.25, 0.3) is 11.3 Å². The van der Waals surface area contributed by atoms with Crippen molar-refractivity contribution >= 4 is 10.0 Å². The molecule has 8 nitrogen and oxygen atoms in total. The highest BCUT2D eigenvalue weighted by Crippen LogP contribution is 2.31. The van der Waals surface area contributed by atoms with Gasteiger partial charge in [0.2, 0.25) is 15.9 Å². The maximum Gasteiger partial charge on any atom is 0.404 e. The Morgan fingerprint density at radius 3 is 2.44 bits per heavy atom. The lowest BCUT2D eigenvalue weighted by Gasteiger charge is -2.27. The van der Waals surface area contributed by atoms with Crippen LogP contribution in [-0.2, 0) is 33.4 Å². The molecule has 0 saturated carbocycles. The zero-order valence-corrected chi connectivity index (χ0v) is 24.3. The highest BCUT2D eigenvalue weighted by molar-refractivity contribution is 7.89. The van der Waals surface area contributed by atoms with Crippen molar-refractivity contribution in [1.29, 1.82) is 0 Å². The molecule has 0 spiro atoms. The van der Waals surface area contributed by atoms with Gasteiger partial charge in [-0.3, -0.25) is 0 Å². The molecule has 0 unspecified atom stereocenters. The van der Waals surface area contributed by atoms with Gasteiger partial charge in [0.1, 0.15) is 5.75 Å². The molecule has 41 heavy (non-hydrogen) atoms. The van der Waals surface area contributed by atoms with Crippen LogP contribution in [0.15, 0.2) is 54.6 Å². The van der Waals surface area contributed by atoms with Crippen LogP contribution in [0.3, 0.4) is 0 Å². The number of benzene rings is 2. The zero-order valence-electron chi connectivity index (χ0n) is 23.5. The van der Waals surface area contributed by atoms with Crippen LogP contribution in [-0.4, -0.2) is 49.9 Å². The minimum Gasteiger partial charge on any atom is -0.439 e. The Hall–Kier alpha value is -2.93. The SMILES string of the molecule is CCn1nc(-c2cccc(C(C)(C)NS(=O)(=O)CC(F)(F)F)c2)cc1Oc1ccc(CNCC2CCOCC2)cc1. The van der Waals surface area contributed by atoms with Crippen molar-refractivity contribution in [3.05, 3.63) is 65.7 Å². The molecule has 12 heteroatoms. The average molecular weight is 595 g/mol. The Labute approximate surface area is 239 Å². The molecule has 0 atom stereocenters. The molecule has 0 bridgehead atoms. The highest BCUT2D eigenvalue weighted by Gasteiger charge is 2.38. The Balaban J connectivity index is 1.43. The van der Waals surface area contributed by atoms with Crippen molar-refractivity contribution in [3.63, 3.8) is 0 Å². The topological polar surface area (TPSA) is 94.5 Å². The van der Waals surface area contributed by atoms with Crippen LogP contribution < -0.4 is 14.8 Å². The van der Waals surface area contributed by atoms with Crippen molar-refractivity contribution in [3.8, 4) is 22.9 Å². The van der Waals surface area contributed by atoms with Crippen molar-refractivity contribution < 1.29 is 31.1 Å². The van der Waals surface area contributed by atoms with E-state index in [0.717, 1.165) is 44.7 Å². The van der Waals surface area contributed by atoms with Gasteiger partial charge in [-0.05, 0) is 75.4 Å². The first-order valence-corrected chi connectivity index (χ1v) is 15.3. The molecular weight excluding hydrogens is 557 g/mol. The van der Waals surface area contributed by atoms with E-state index in [9.17, 15) is 21.6 Å². The van der Waals surface area contributed by atoms with Crippen LogP contribution in [0.5, 0.6) is 11.6 Å². The molecular formula is C29H37F3N4O4S. The molecule has 0 radical (unpaired) electrons. The van der Waals surface area contributed by atoms with Gasteiger partial charge in [-0.2, -0.15) is 18.3 Å². The molecule has 3 aromatic rings. The molecule has 1 aliphatic heterocycles. The molecule has 1 aromatic heterocycles. The summed E-state index contributed by atoms with van der Waals surface area (Å²) in [6.07, 6.45) is -2.65. The van der Waals surface area contributed by atoms with Crippen molar-refractivity contribution in [2.24, 2.45) is 5.92 Å². The van der Waals surface area contributed by atoms with Crippen molar-refractivity contribution in [2.45, 2.75) is 58.4 Å². The summed E-state index contributed by atoms with van der Waals surface area (Å²) < 4.78 is 77.9. The first-order valence-electron chi connectivity index (χ1n) is 13.7. The fourth-order valence-corrected chi connectivity index (χ4v) is 6.18. The summed E-state index contributed by atoms with van der Waals surface area (Å²) >= 11 is 0. The van der Waals surface area contributed by atoms with Crippen molar-refractivity contribution in [1.82, 2.24) is 19.8 Å². The quantitative estimate of drug-likeness (QED) is 0.284. The van der Waals surface area contributed by atoms with Gasteiger partial charge in [-0.25, -0.2) is 17.8 Å². The third-order valence-corrected chi connectivity index (χ3v) is 8.46. The average Bonchev–Trinajstić information content (AvgIpc) is 3.31. The Morgan fingerprint density at radius 2 is 1.78 bits per heavy atom. The Bertz CT molecular complexity index is 1400. The lowest BCUT2D eigenvalue weighted by atomic mass is 9.93. The summed E-state index contributed by atoms with van der Waals surface area (Å²) in [6, 6.07) is 16.5. The summed E-state index contributed by atoms with van der Waals surface area (Å²) in [5, 5.41) is 8.15. The summed E-state index contributed by atoms with van der Waals surface area (Å²) in [5.74, 6) is -0.101. The highest BCUT2D eigenvalue weighted by atomic mass is 32.2. The molecule has 4 rings (SSSR count). The van der Waals surface area contributed by atoms with E-state index in [2.05, 4.69) is 15.1 Å². The number of halogens is 3. The van der Waals surface area contributed by atoms with Gasteiger partial charge in [0.05, 0.1) is 11.2 Å². The molecule has 1 fully saturated rings. The van der Waals surface area contributed by atoms with E-state index in [-0.39, 0.29) is 0 Å². The molecule has 2 aromatic carbocycles. The van der Waals surface area contributed by atoms with Gasteiger partial charge in [-0.1, -0.05) is 30.3 Å². The second-order valence-corrected chi connectivity index (χ2v) is 12.5. The molecule has 1 saturated heterocycles. The maximum absolute atomic E-state index is 12.7. The predicted octanol–water partition coefficient (Wildman–Crippen LogP) is 5.60. The lowest BCUT2D eigenvalue weighted by Crippen LogP contribution is -2.44. The molecule has 2 N–H and O–H groups in total. The van der Waals surface area contributed by atoms with Crippen LogP contribution in [0, 0.1) is 5.92 Å². The van der Waals surface area contributed by atoms with E-state index in [1.54, 1.807) is 35.0 Å². The van der Waals surface area contributed by atoms with E-state index in [4.69, 9.17) is 9.47 Å². The largest absolute Gasteiger partial charge is 0.439 e. The van der Waals surface area contributed by atoms with Gasteiger partial charge in [0.15, 0.2) is 5.75 Å². The van der Waals surface area contributed by atoms with E-state index < -0.39 is 27.5 Å². The van der Waals surface area contributed by atoms with E-state index in [0.29, 0.717) is 40.9 Å². The number of hydrogen-bond acceptors (Lipinski definition) is 6. The summed E-state index contributed by atoms with van der Waals surface area (Å²) in [7, 11) is -4.60. The number of aromatic nitrogens is 2. The van der Waals surface area contributed by atoms with Gasteiger partial charge in [-0.15, -0.1) is 0 Å². The predicted molar refractivity (Wildman–Crippen MR) is 151 cm³/mol. The normalized spacial score (nSPS) is 15.3. The fourth-order valence-electron chi connectivity index (χ4n) is 4.78. The number of nitrogens with one attached hydrogen (secondary N) is 2. The van der Waals surface area contributed by atoms with Gasteiger partial charge in [0.25, 0.3) is 0 Å². The Kier molecular flexibility index (Phi) is 9.78. The van der Waals surface area contributed by atoms with Crippen LogP contribution >= 0.6 is 0 Å². The molecule has 1 aliphatic rings.